The summed E-state index contributed by atoms with van der Waals surface area (Å²) in [4.78, 5) is 0. The summed E-state index contributed by atoms with van der Waals surface area (Å²) < 4.78 is 59.0. The molecule has 0 aliphatic rings. The SMILES string of the molecule is O=S(=O)(Cl)Cc1c(C(F)(F)F)ccc(O)c1O. The molecule has 0 aliphatic carbocycles. The molecule has 1 aromatic rings. The van der Waals surface area contributed by atoms with Crippen LogP contribution in [0.25, 0.3) is 0 Å². The Morgan fingerprint density at radius 1 is 1.24 bits per heavy atom. The van der Waals surface area contributed by atoms with Crippen LogP contribution < -0.4 is 0 Å². The molecule has 0 fully saturated rings. The number of phenols is 2. The van der Waals surface area contributed by atoms with Crippen LogP contribution in [-0.4, -0.2) is 18.6 Å². The average Bonchev–Trinajstić information content (AvgIpc) is 2.08. The third kappa shape index (κ3) is 3.40. The first kappa shape index (κ1) is 13.9. The molecule has 0 aromatic heterocycles. The van der Waals surface area contributed by atoms with E-state index in [1.807, 2.05) is 0 Å². The first-order valence-electron chi connectivity index (χ1n) is 4.05. The molecule has 9 heteroatoms. The van der Waals surface area contributed by atoms with Gasteiger partial charge < -0.3 is 10.2 Å². The van der Waals surface area contributed by atoms with Crippen molar-refractivity contribution in [3.8, 4) is 11.5 Å². The van der Waals surface area contributed by atoms with E-state index in [2.05, 4.69) is 0 Å². The molecule has 0 saturated carbocycles. The summed E-state index contributed by atoms with van der Waals surface area (Å²) in [5, 5.41) is 18.3. The number of phenolic OH excluding ortho intramolecular Hbond substituents is 2. The highest BCUT2D eigenvalue weighted by atomic mass is 35.7. The first-order valence-corrected chi connectivity index (χ1v) is 6.53. The Hall–Kier alpha value is -1.15. The van der Waals surface area contributed by atoms with Crippen molar-refractivity contribution in [3.05, 3.63) is 23.3 Å². The minimum atomic E-state index is -4.86. The lowest BCUT2D eigenvalue weighted by Gasteiger charge is -2.13. The predicted octanol–water partition coefficient (Wildman–Crippen LogP) is 2.19. The van der Waals surface area contributed by atoms with Crippen LogP contribution in [0.15, 0.2) is 12.1 Å². The normalized spacial score (nSPS) is 12.7. The van der Waals surface area contributed by atoms with Crippen molar-refractivity contribution in [2.45, 2.75) is 11.9 Å². The Bertz CT molecular complexity index is 538. The summed E-state index contributed by atoms with van der Waals surface area (Å²) in [6.45, 7) is 0. The van der Waals surface area contributed by atoms with E-state index in [1.54, 1.807) is 0 Å². The summed E-state index contributed by atoms with van der Waals surface area (Å²) in [6, 6.07) is 1.08. The highest BCUT2D eigenvalue weighted by molar-refractivity contribution is 8.13. The van der Waals surface area contributed by atoms with E-state index in [0.29, 0.717) is 12.1 Å². The molecule has 96 valence electrons. The molecule has 2 N–H and O–H groups in total. The topological polar surface area (TPSA) is 74.6 Å². The van der Waals surface area contributed by atoms with Crippen molar-refractivity contribution in [3.63, 3.8) is 0 Å². The molecule has 0 aliphatic heterocycles. The standard InChI is InChI=1S/C8H6ClF3O4S/c9-17(15,16)3-4-5(8(10,11)12)1-2-6(13)7(4)14/h1-2,13-14H,3H2. The van der Waals surface area contributed by atoms with Crippen molar-refractivity contribution >= 4 is 19.7 Å². The molecule has 0 heterocycles. The number of hydrogen-bond donors (Lipinski definition) is 2. The second kappa shape index (κ2) is 4.26. The lowest BCUT2D eigenvalue weighted by molar-refractivity contribution is -0.138. The molecule has 4 nitrogen and oxygen atoms in total. The van der Waals surface area contributed by atoms with Crippen molar-refractivity contribution in [1.82, 2.24) is 0 Å². The van der Waals surface area contributed by atoms with Crippen LogP contribution in [-0.2, 0) is 21.0 Å². The van der Waals surface area contributed by atoms with E-state index < -0.39 is 43.6 Å². The lowest BCUT2D eigenvalue weighted by atomic mass is 10.1. The van der Waals surface area contributed by atoms with Gasteiger partial charge in [0.25, 0.3) is 0 Å². The number of rotatable bonds is 2. The molecule has 0 unspecified atom stereocenters. The van der Waals surface area contributed by atoms with Gasteiger partial charge in [-0.2, -0.15) is 13.2 Å². The Kier molecular flexibility index (Phi) is 3.49. The van der Waals surface area contributed by atoms with Crippen LogP contribution in [0.3, 0.4) is 0 Å². The Morgan fingerprint density at radius 2 is 1.76 bits per heavy atom. The molecule has 0 amide bonds. The fourth-order valence-corrected chi connectivity index (χ4v) is 2.17. The smallest absolute Gasteiger partial charge is 0.416 e. The fourth-order valence-electron chi connectivity index (χ4n) is 1.21. The summed E-state index contributed by atoms with van der Waals surface area (Å²) in [5.74, 6) is -3.23. The minimum absolute atomic E-state index is 0.465. The largest absolute Gasteiger partial charge is 0.504 e. The van der Waals surface area contributed by atoms with Crippen molar-refractivity contribution in [1.29, 1.82) is 0 Å². The molecule has 0 saturated heterocycles. The Balaban J connectivity index is 3.48. The first-order chi connectivity index (χ1) is 7.52. The zero-order valence-electron chi connectivity index (χ0n) is 7.99. The molecule has 17 heavy (non-hydrogen) atoms. The van der Waals surface area contributed by atoms with Crippen LogP contribution >= 0.6 is 10.7 Å². The van der Waals surface area contributed by atoms with Gasteiger partial charge in [0.2, 0.25) is 9.05 Å². The van der Waals surface area contributed by atoms with E-state index in [0.717, 1.165) is 0 Å². The van der Waals surface area contributed by atoms with Gasteiger partial charge >= 0.3 is 6.18 Å². The quantitative estimate of drug-likeness (QED) is 0.647. The van der Waals surface area contributed by atoms with E-state index >= 15 is 0 Å². The highest BCUT2D eigenvalue weighted by Gasteiger charge is 2.36. The van der Waals surface area contributed by atoms with Crippen LogP contribution in [0.4, 0.5) is 13.2 Å². The fraction of sp³-hybridized carbons (Fsp3) is 0.250. The molecule has 1 rings (SSSR count). The Morgan fingerprint density at radius 3 is 2.18 bits per heavy atom. The lowest BCUT2D eigenvalue weighted by Crippen LogP contribution is -2.11. The minimum Gasteiger partial charge on any atom is -0.504 e. The third-order valence-corrected chi connectivity index (χ3v) is 2.84. The second-order valence-electron chi connectivity index (χ2n) is 3.14. The van der Waals surface area contributed by atoms with Crippen molar-refractivity contribution < 1.29 is 31.8 Å². The van der Waals surface area contributed by atoms with Crippen LogP contribution in [0, 0.1) is 0 Å². The van der Waals surface area contributed by atoms with E-state index in [4.69, 9.17) is 15.8 Å². The van der Waals surface area contributed by atoms with Crippen LogP contribution in [0.5, 0.6) is 11.5 Å². The molecular weight excluding hydrogens is 285 g/mol. The monoisotopic (exact) mass is 290 g/mol. The number of halogens is 4. The predicted molar refractivity (Wildman–Crippen MR) is 53.3 cm³/mol. The van der Waals surface area contributed by atoms with Crippen LogP contribution in [0.1, 0.15) is 11.1 Å². The van der Waals surface area contributed by atoms with Crippen molar-refractivity contribution in [2.75, 3.05) is 0 Å². The highest BCUT2D eigenvalue weighted by Crippen LogP contribution is 2.40. The third-order valence-electron chi connectivity index (χ3n) is 1.88. The zero-order chi connectivity index (χ0) is 13.4. The maximum atomic E-state index is 12.5. The van der Waals surface area contributed by atoms with Gasteiger partial charge in [-0.3, -0.25) is 0 Å². The summed E-state index contributed by atoms with van der Waals surface area (Å²) in [5.41, 5.74) is -2.34. The van der Waals surface area contributed by atoms with Gasteiger partial charge in [0.05, 0.1) is 11.3 Å². The second-order valence-corrected chi connectivity index (χ2v) is 5.92. The number of alkyl halides is 3. The maximum Gasteiger partial charge on any atom is 0.416 e. The summed E-state index contributed by atoms with van der Waals surface area (Å²) in [7, 11) is 0.528. The molecule has 0 bridgehead atoms. The number of hydrogen-bond acceptors (Lipinski definition) is 4. The van der Waals surface area contributed by atoms with Gasteiger partial charge in [-0.15, -0.1) is 0 Å². The maximum absolute atomic E-state index is 12.5. The van der Waals surface area contributed by atoms with Crippen molar-refractivity contribution in [2.24, 2.45) is 0 Å². The average molecular weight is 291 g/mol. The molecule has 0 atom stereocenters. The molecule has 1 aromatic carbocycles. The van der Waals surface area contributed by atoms with Gasteiger partial charge in [0.1, 0.15) is 0 Å². The molecule has 0 radical (unpaired) electrons. The van der Waals surface area contributed by atoms with E-state index in [9.17, 15) is 26.7 Å². The number of aromatic hydroxyl groups is 2. The molecular formula is C8H6ClF3O4S. The van der Waals surface area contributed by atoms with Gasteiger partial charge in [-0.1, -0.05) is 0 Å². The summed E-state index contributed by atoms with van der Waals surface area (Å²) >= 11 is 0. The zero-order valence-corrected chi connectivity index (χ0v) is 9.57. The van der Waals surface area contributed by atoms with E-state index in [-0.39, 0.29) is 0 Å². The van der Waals surface area contributed by atoms with Gasteiger partial charge in [-0.05, 0) is 12.1 Å². The van der Waals surface area contributed by atoms with Gasteiger partial charge in [-0.25, -0.2) is 8.42 Å². The molecule has 0 spiro atoms. The van der Waals surface area contributed by atoms with E-state index in [1.165, 1.54) is 0 Å². The summed E-state index contributed by atoms with van der Waals surface area (Å²) in [6.07, 6.45) is -4.86. The van der Waals surface area contributed by atoms with Crippen LogP contribution in [0.2, 0.25) is 0 Å². The van der Waals surface area contributed by atoms with Gasteiger partial charge in [0, 0.05) is 16.2 Å². The number of benzene rings is 1. The van der Waals surface area contributed by atoms with Gasteiger partial charge in [0.15, 0.2) is 11.5 Å². The Labute approximate surface area is 98.7 Å².